The molecule has 0 heterocycles. The van der Waals surface area contributed by atoms with Crippen LogP contribution in [-0.4, -0.2) is 28.8 Å². The van der Waals surface area contributed by atoms with Gasteiger partial charge in [-0.15, -0.1) is 0 Å². The Morgan fingerprint density at radius 2 is 1.75 bits per heavy atom. The summed E-state index contributed by atoms with van der Waals surface area (Å²) in [7, 11) is 0. The van der Waals surface area contributed by atoms with E-state index in [0.717, 1.165) is 11.1 Å². The third-order valence-corrected chi connectivity index (χ3v) is 3.08. The maximum absolute atomic E-state index is 12.1. The molecule has 0 saturated heterocycles. The quantitative estimate of drug-likeness (QED) is 0.858. The van der Waals surface area contributed by atoms with Crippen LogP contribution in [0, 0.1) is 6.92 Å². The molecule has 20 heavy (non-hydrogen) atoms. The fourth-order valence-electron chi connectivity index (χ4n) is 2.26. The first-order valence-corrected chi connectivity index (χ1v) is 6.99. The van der Waals surface area contributed by atoms with Gasteiger partial charge in [-0.1, -0.05) is 29.8 Å². The van der Waals surface area contributed by atoms with Gasteiger partial charge in [0.2, 0.25) is 0 Å². The molecular weight excluding hydrogens is 252 g/mol. The van der Waals surface area contributed by atoms with Gasteiger partial charge >= 0.3 is 11.8 Å². The number of amides is 2. The van der Waals surface area contributed by atoms with Gasteiger partial charge in [0.1, 0.15) is 0 Å². The topological polar surface area (TPSA) is 49.4 Å². The molecule has 0 atom stereocenters. The summed E-state index contributed by atoms with van der Waals surface area (Å²) in [4.78, 5) is 25.7. The largest absolute Gasteiger partial charge is 0.344 e. The van der Waals surface area contributed by atoms with Crippen LogP contribution in [0.5, 0.6) is 0 Å². The van der Waals surface area contributed by atoms with Crippen molar-refractivity contribution in [1.29, 1.82) is 0 Å². The molecule has 0 aliphatic heterocycles. The first-order chi connectivity index (χ1) is 9.32. The molecule has 110 valence electrons. The van der Waals surface area contributed by atoms with Gasteiger partial charge in [-0.05, 0) is 40.2 Å². The number of carbonyl (C=O) groups excluding carboxylic acids is 2. The van der Waals surface area contributed by atoms with Gasteiger partial charge in [0.15, 0.2) is 0 Å². The highest BCUT2D eigenvalue weighted by atomic mass is 16.2. The lowest BCUT2D eigenvalue weighted by Gasteiger charge is -2.29. The van der Waals surface area contributed by atoms with Gasteiger partial charge in [0.25, 0.3) is 0 Å². The number of aryl methyl sites for hydroxylation is 1. The summed E-state index contributed by atoms with van der Waals surface area (Å²) in [6.07, 6.45) is 0. The Morgan fingerprint density at radius 1 is 1.15 bits per heavy atom. The van der Waals surface area contributed by atoms with Gasteiger partial charge in [-0.3, -0.25) is 9.59 Å². The van der Waals surface area contributed by atoms with E-state index in [2.05, 4.69) is 5.32 Å². The summed E-state index contributed by atoms with van der Waals surface area (Å²) in [5.41, 5.74) is 2.13. The van der Waals surface area contributed by atoms with Crippen LogP contribution in [-0.2, 0) is 16.1 Å². The van der Waals surface area contributed by atoms with Gasteiger partial charge < -0.3 is 10.2 Å². The molecule has 4 nitrogen and oxygen atoms in total. The second-order valence-corrected chi connectivity index (χ2v) is 5.57. The Balaban J connectivity index is 2.64. The summed E-state index contributed by atoms with van der Waals surface area (Å²) in [5, 5.41) is 2.69. The van der Waals surface area contributed by atoms with E-state index in [9.17, 15) is 9.59 Å². The first-order valence-electron chi connectivity index (χ1n) is 6.99. The van der Waals surface area contributed by atoms with Crippen LogP contribution in [0.2, 0.25) is 0 Å². The summed E-state index contributed by atoms with van der Waals surface area (Å²) >= 11 is 0. The van der Waals surface area contributed by atoms with E-state index in [1.165, 1.54) is 0 Å². The maximum Gasteiger partial charge on any atom is 0.312 e. The number of rotatable bonds is 4. The fourth-order valence-corrected chi connectivity index (χ4v) is 2.26. The van der Waals surface area contributed by atoms with Crippen LogP contribution >= 0.6 is 0 Å². The molecule has 1 aromatic carbocycles. The van der Waals surface area contributed by atoms with Crippen LogP contribution in [0.15, 0.2) is 24.3 Å². The highest BCUT2D eigenvalue weighted by Gasteiger charge is 2.25. The third kappa shape index (κ3) is 4.37. The zero-order chi connectivity index (χ0) is 15.3. The van der Waals surface area contributed by atoms with Crippen LogP contribution in [0.25, 0.3) is 0 Å². The standard InChI is InChI=1S/C16H24N2O2/c1-11(2)18(12(3)4)16(20)15(19)17-10-14-8-6-7-13(5)9-14/h6-9,11-12H,10H2,1-5H3,(H,17,19). The normalized spacial score (nSPS) is 10.8. The molecular formula is C16H24N2O2. The Bertz CT molecular complexity index is 473. The van der Waals surface area contributed by atoms with E-state index in [-0.39, 0.29) is 12.1 Å². The summed E-state index contributed by atoms with van der Waals surface area (Å²) in [5.74, 6) is -1.02. The van der Waals surface area contributed by atoms with E-state index in [0.29, 0.717) is 6.54 Å². The highest BCUT2D eigenvalue weighted by Crippen LogP contribution is 2.06. The molecule has 0 aromatic heterocycles. The van der Waals surface area contributed by atoms with Crippen molar-refractivity contribution in [3.05, 3.63) is 35.4 Å². The number of carbonyl (C=O) groups is 2. The number of nitrogens with one attached hydrogen (secondary N) is 1. The molecule has 0 aliphatic rings. The van der Waals surface area contributed by atoms with Crippen molar-refractivity contribution in [3.8, 4) is 0 Å². The number of hydrogen-bond acceptors (Lipinski definition) is 2. The predicted molar refractivity (Wildman–Crippen MR) is 80.1 cm³/mol. The van der Waals surface area contributed by atoms with Gasteiger partial charge in [0, 0.05) is 18.6 Å². The maximum atomic E-state index is 12.1. The average molecular weight is 276 g/mol. The molecule has 0 unspecified atom stereocenters. The van der Waals surface area contributed by atoms with Crippen LogP contribution < -0.4 is 5.32 Å². The number of nitrogens with zero attached hydrogens (tertiary/aromatic N) is 1. The van der Waals surface area contributed by atoms with E-state index in [4.69, 9.17) is 0 Å². The minimum Gasteiger partial charge on any atom is -0.344 e. The van der Waals surface area contributed by atoms with Crippen LogP contribution in [0.4, 0.5) is 0 Å². The molecule has 1 aromatic rings. The van der Waals surface area contributed by atoms with Gasteiger partial charge in [-0.25, -0.2) is 0 Å². The summed E-state index contributed by atoms with van der Waals surface area (Å²) < 4.78 is 0. The average Bonchev–Trinajstić information content (AvgIpc) is 2.35. The lowest BCUT2D eigenvalue weighted by atomic mass is 10.1. The van der Waals surface area contributed by atoms with Crippen molar-refractivity contribution >= 4 is 11.8 Å². The molecule has 4 heteroatoms. The van der Waals surface area contributed by atoms with Crippen LogP contribution in [0.3, 0.4) is 0 Å². The van der Waals surface area contributed by atoms with Gasteiger partial charge in [-0.2, -0.15) is 0 Å². The van der Waals surface area contributed by atoms with Crippen molar-refractivity contribution in [2.24, 2.45) is 0 Å². The minimum atomic E-state index is -0.547. The fraction of sp³-hybridized carbons (Fsp3) is 0.500. The zero-order valence-corrected chi connectivity index (χ0v) is 12.9. The predicted octanol–water partition coefficient (Wildman–Crippen LogP) is 2.26. The Hall–Kier alpha value is -1.84. The molecule has 2 amide bonds. The lowest BCUT2D eigenvalue weighted by Crippen LogP contribution is -2.49. The van der Waals surface area contributed by atoms with Crippen molar-refractivity contribution in [1.82, 2.24) is 10.2 Å². The van der Waals surface area contributed by atoms with E-state index in [1.807, 2.05) is 58.9 Å². The van der Waals surface area contributed by atoms with E-state index in [1.54, 1.807) is 4.90 Å². The lowest BCUT2D eigenvalue weighted by molar-refractivity contribution is -0.148. The van der Waals surface area contributed by atoms with Gasteiger partial charge in [0.05, 0.1) is 0 Å². The number of hydrogen-bond donors (Lipinski definition) is 1. The van der Waals surface area contributed by atoms with E-state index >= 15 is 0 Å². The SMILES string of the molecule is Cc1cccc(CNC(=O)C(=O)N(C(C)C)C(C)C)c1. The number of benzene rings is 1. The summed E-state index contributed by atoms with van der Waals surface area (Å²) in [6, 6.07) is 7.87. The van der Waals surface area contributed by atoms with Crippen molar-refractivity contribution in [2.75, 3.05) is 0 Å². The van der Waals surface area contributed by atoms with E-state index < -0.39 is 11.8 Å². The Kier molecular flexibility index (Phi) is 5.74. The smallest absolute Gasteiger partial charge is 0.312 e. The van der Waals surface area contributed by atoms with Crippen molar-refractivity contribution < 1.29 is 9.59 Å². The first kappa shape index (κ1) is 16.2. The zero-order valence-electron chi connectivity index (χ0n) is 12.9. The molecule has 0 fully saturated rings. The molecule has 0 radical (unpaired) electrons. The molecule has 0 spiro atoms. The van der Waals surface area contributed by atoms with Crippen molar-refractivity contribution in [3.63, 3.8) is 0 Å². The monoisotopic (exact) mass is 276 g/mol. The molecule has 0 aliphatic carbocycles. The Labute approximate surface area is 121 Å². The Morgan fingerprint density at radius 3 is 2.25 bits per heavy atom. The molecule has 1 rings (SSSR count). The third-order valence-electron chi connectivity index (χ3n) is 3.08. The second-order valence-electron chi connectivity index (χ2n) is 5.57. The molecule has 1 N–H and O–H groups in total. The van der Waals surface area contributed by atoms with Crippen molar-refractivity contribution in [2.45, 2.75) is 53.2 Å². The second kappa shape index (κ2) is 7.08. The molecule has 0 saturated carbocycles. The minimum absolute atomic E-state index is 0.00668. The molecule has 0 bridgehead atoms. The highest BCUT2D eigenvalue weighted by molar-refractivity contribution is 6.35. The van der Waals surface area contributed by atoms with Crippen LogP contribution in [0.1, 0.15) is 38.8 Å². The summed E-state index contributed by atoms with van der Waals surface area (Å²) in [6.45, 7) is 10.0.